The molecule has 2 aromatic rings. The van der Waals surface area contributed by atoms with Crippen LogP contribution in [0.5, 0.6) is 0 Å². The Labute approximate surface area is 119 Å². The molecule has 2 aromatic heterocycles. The van der Waals surface area contributed by atoms with Crippen molar-refractivity contribution >= 4 is 11.3 Å². The molecule has 1 unspecified atom stereocenters. The van der Waals surface area contributed by atoms with Crippen molar-refractivity contribution < 1.29 is 0 Å². The van der Waals surface area contributed by atoms with Gasteiger partial charge in [0.1, 0.15) is 0 Å². The van der Waals surface area contributed by atoms with E-state index in [-0.39, 0.29) is 0 Å². The molecule has 2 nitrogen and oxygen atoms in total. The molecule has 0 aliphatic carbocycles. The van der Waals surface area contributed by atoms with Gasteiger partial charge in [-0.15, -0.1) is 0 Å². The van der Waals surface area contributed by atoms with Crippen LogP contribution < -0.4 is 5.32 Å². The fraction of sp³-hybridized carbons (Fsp3) is 0.438. The number of aryl methyl sites for hydroxylation is 2. The topological polar surface area (TPSA) is 24.9 Å². The molecule has 0 amide bonds. The summed E-state index contributed by atoms with van der Waals surface area (Å²) in [5, 5.41) is 8.05. The molecule has 0 aromatic carbocycles. The lowest BCUT2D eigenvalue weighted by atomic mass is 9.99. The van der Waals surface area contributed by atoms with Crippen LogP contribution in [0.3, 0.4) is 0 Å². The van der Waals surface area contributed by atoms with Crippen molar-refractivity contribution in [1.82, 2.24) is 10.3 Å². The summed E-state index contributed by atoms with van der Waals surface area (Å²) < 4.78 is 0. The number of rotatable bonds is 7. The highest BCUT2D eigenvalue weighted by molar-refractivity contribution is 7.07. The van der Waals surface area contributed by atoms with Crippen LogP contribution in [0.15, 0.2) is 35.2 Å². The lowest BCUT2D eigenvalue weighted by Crippen LogP contribution is -2.23. The van der Waals surface area contributed by atoms with E-state index in [2.05, 4.69) is 47.0 Å². The van der Waals surface area contributed by atoms with Crippen LogP contribution >= 0.6 is 11.3 Å². The molecule has 2 heterocycles. The van der Waals surface area contributed by atoms with Gasteiger partial charge in [-0.3, -0.25) is 4.98 Å². The first kappa shape index (κ1) is 14.2. The highest BCUT2D eigenvalue weighted by Crippen LogP contribution is 2.22. The molecule has 0 aliphatic rings. The van der Waals surface area contributed by atoms with Crippen molar-refractivity contribution in [3.05, 3.63) is 52.0 Å². The van der Waals surface area contributed by atoms with Crippen LogP contribution in [0, 0.1) is 6.92 Å². The van der Waals surface area contributed by atoms with Gasteiger partial charge in [0.25, 0.3) is 0 Å². The van der Waals surface area contributed by atoms with E-state index in [0.29, 0.717) is 6.04 Å². The lowest BCUT2D eigenvalue weighted by Gasteiger charge is -2.20. The summed E-state index contributed by atoms with van der Waals surface area (Å²) in [6.07, 6.45) is 5.28. The predicted molar refractivity (Wildman–Crippen MR) is 82.6 cm³/mol. The zero-order chi connectivity index (χ0) is 13.5. The van der Waals surface area contributed by atoms with Gasteiger partial charge in [-0.25, -0.2) is 0 Å². The predicted octanol–water partition coefficient (Wildman–Crippen LogP) is 4.13. The van der Waals surface area contributed by atoms with Crippen molar-refractivity contribution in [2.24, 2.45) is 0 Å². The molecule has 0 spiro atoms. The van der Waals surface area contributed by atoms with E-state index in [1.165, 1.54) is 11.1 Å². The van der Waals surface area contributed by atoms with E-state index in [0.717, 1.165) is 31.5 Å². The van der Waals surface area contributed by atoms with Gasteiger partial charge in [0.15, 0.2) is 0 Å². The summed E-state index contributed by atoms with van der Waals surface area (Å²) in [6, 6.07) is 6.86. The maximum Gasteiger partial charge on any atom is 0.0420 e. The monoisotopic (exact) mass is 274 g/mol. The Kier molecular flexibility index (Phi) is 5.55. The second-order valence-corrected chi connectivity index (χ2v) is 5.64. The summed E-state index contributed by atoms with van der Waals surface area (Å²) in [7, 11) is 0. The van der Waals surface area contributed by atoms with Crippen LogP contribution in [0.4, 0.5) is 0 Å². The van der Waals surface area contributed by atoms with Crippen LogP contribution in [-0.4, -0.2) is 11.5 Å². The lowest BCUT2D eigenvalue weighted by molar-refractivity contribution is 0.496. The average Bonchev–Trinajstić information content (AvgIpc) is 2.93. The van der Waals surface area contributed by atoms with E-state index < -0.39 is 0 Å². The zero-order valence-electron chi connectivity index (χ0n) is 11.7. The Balaban J connectivity index is 2.05. The molecule has 1 atom stereocenters. The molecular weight excluding hydrogens is 252 g/mol. The molecule has 3 heteroatoms. The van der Waals surface area contributed by atoms with Gasteiger partial charge in [0, 0.05) is 17.9 Å². The van der Waals surface area contributed by atoms with E-state index in [9.17, 15) is 0 Å². The third-order valence-corrected chi connectivity index (χ3v) is 4.10. The molecular formula is C16H22N2S. The Morgan fingerprint density at radius 2 is 2.26 bits per heavy atom. The molecule has 1 N–H and O–H groups in total. The maximum atomic E-state index is 4.42. The number of nitrogens with one attached hydrogen (secondary N) is 1. The van der Waals surface area contributed by atoms with Gasteiger partial charge in [-0.1, -0.05) is 13.0 Å². The van der Waals surface area contributed by atoms with Gasteiger partial charge in [-0.2, -0.15) is 11.3 Å². The van der Waals surface area contributed by atoms with Gasteiger partial charge in [0.2, 0.25) is 0 Å². The Morgan fingerprint density at radius 1 is 1.37 bits per heavy atom. The number of aromatic nitrogens is 1. The van der Waals surface area contributed by atoms with E-state index in [1.54, 1.807) is 11.3 Å². The highest BCUT2D eigenvalue weighted by atomic mass is 32.1. The molecule has 0 saturated carbocycles. The van der Waals surface area contributed by atoms with E-state index >= 15 is 0 Å². The van der Waals surface area contributed by atoms with Crippen LogP contribution in [0.1, 0.15) is 42.6 Å². The first-order valence-corrected chi connectivity index (χ1v) is 7.91. The number of pyridine rings is 1. The summed E-state index contributed by atoms with van der Waals surface area (Å²) in [6.45, 7) is 5.36. The summed E-state index contributed by atoms with van der Waals surface area (Å²) in [4.78, 5) is 4.42. The van der Waals surface area contributed by atoms with E-state index in [1.807, 2.05) is 12.3 Å². The maximum absolute atomic E-state index is 4.42. The number of hydrogen-bond acceptors (Lipinski definition) is 3. The second-order valence-electron chi connectivity index (χ2n) is 4.86. The van der Waals surface area contributed by atoms with Crippen molar-refractivity contribution in [3.8, 4) is 0 Å². The first-order valence-electron chi connectivity index (χ1n) is 6.97. The van der Waals surface area contributed by atoms with Crippen molar-refractivity contribution in [3.63, 3.8) is 0 Å². The Morgan fingerprint density at radius 3 is 2.95 bits per heavy atom. The molecule has 0 radical (unpaired) electrons. The smallest absolute Gasteiger partial charge is 0.0420 e. The number of thiophene rings is 1. The van der Waals surface area contributed by atoms with Gasteiger partial charge in [-0.05, 0) is 66.8 Å². The molecule has 19 heavy (non-hydrogen) atoms. The minimum absolute atomic E-state index is 0.411. The average molecular weight is 274 g/mol. The third-order valence-electron chi connectivity index (χ3n) is 3.37. The quantitative estimate of drug-likeness (QED) is 0.821. The number of nitrogens with zero attached hydrogens (tertiary/aromatic N) is 1. The fourth-order valence-electron chi connectivity index (χ4n) is 2.30. The minimum atomic E-state index is 0.411. The Bertz CT molecular complexity index is 479. The molecule has 0 aliphatic heterocycles. The second kappa shape index (κ2) is 7.41. The molecule has 102 valence electrons. The normalized spacial score (nSPS) is 12.5. The van der Waals surface area contributed by atoms with Crippen LogP contribution in [-0.2, 0) is 6.42 Å². The van der Waals surface area contributed by atoms with Crippen molar-refractivity contribution in [2.45, 2.75) is 39.2 Å². The van der Waals surface area contributed by atoms with Crippen molar-refractivity contribution in [1.29, 1.82) is 0 Å². The van der Waals surface area contributed by atoms with Gasteiger partial charge < -0.3 is 5.32 Å². The SMILES string of the molecule is CCCNC(CCc1ccsc1)c1cccnc1C. The molecule has 0 fully saturated rings. The molecule has 0 saturated heterocycles. The highest BCUT2D eigenvalue weighted by Gasteiger charge is 2.13. The van der Waals surface area contributed by atoms with Crippen molar-refractivity contribution in [2.75, 3.05) is 6.54 Å². The van der Waals surface area contributed by atoms with E-state index in [4.69, 9.17) is 0 Å². The summed E-state index contributed by atoms with van der Waals surface area (Å²) >= 11 is 1.78. The van der Waals surface area contributed by atoms with Crippen LogP contribution in [0.2, 0.25) is 0 Å². The fourth-order valence-corrected chi connectivity index (χ4v) is 3.00. The minimum Gasteiger partial charge on any atom is -0.310 e. The standard InChI is InChI=1S/C16H22N2S/c1-3-9-18-16(7-6-14-8-11-19-12-14)15-5-4-10-17-13(15)2/h4-5,8,10-12,16,18H,3,6-7,9H2,1-2H3. The first-order chi connectivity index (χ1) is 9.31. The largest absolute Gasteiger partial charge is 0.310 e. The molecule has 0 bridgehead atoms. The third kappa shape index (κ3) is 4.15. The van der Waals surface area contributed by atoms with Gasteiger partial charge in [0.05, 0.1) is 0 Å². The Hall–Kier alpha value is -1.19. The molecule has 2 rings (SSSR count). The zero-order valence-corrected chi connectivity index (χ0v) is 12.5. The van der Waals surface area contributed by atoms with Gasteiger partial charge >= 0.3 is 0 Å². The summed E-state index contributed by atoms with van der Waals surface area (Å²) in [5.74, 6) is 0. The summed E-state index contributed by atoms with van der Waals surface area (Å²) in [5.41, 5.74) is 3.92. The number of hydrogen-bond donors (Lipinski definition) is 1. The van der Waals surface area contributed by atoms with Crippen LogP contribution in [0.25, 0.3) is 0 Å².